The smallest absolute Gasteiger partial charge is 0.128 e. The average Bonchev–Trinajstić information content (AvgIpc) is 2.25. The average molecular weight is 222 g/mol. The molecule has 1 aromatic heterocycles. The van der Waals surface area contributed by atoms with Crippen LogP contribution >= 0.6 is 0 Å². The van der Waals surface area contributed by atoms with E-state index in [0.29, 0.717) is 6.54 Å². The van der Waals surface area contributed by atoms with E-state index in [1.807, 2.05) is 6.20 Å². The fourth-order valence-electron chi connectivity index (χ4n) is 1.50. The van der Waals surface area contributed by atoms with Gasteiger partial charge in [0.1, 0.15) is 5.82 Å². The van der Waals surface area contributed by atoms with Crippen molar-refractivity contribution in [3.05, 3.63) is 17.7 Å². The molecule has 0 spiro atoms. The Morgan fingerprint density at radius 3 is 2.56 bits per heavy atom. The van der Waals surface area contributed by atoms with Crippen molar-refractivity contribution in [1.29, 1.82) is 0 Å². The Morgan fingerprint density at radius 2 is 2.06 bits per heavy atom. The van der Waals surface area contributed by atoms with Gasteiger partial charge in [0.15, 0.2) is 0 Å². The van der Waals surface area contributed by atoms with Gasteiger partial charge < -0.3 is 11.1 Å². The van der Waals surface area contributed by atoms with E-state index in [0.717, 1.165) is 30.2 Å². The molecule has 0 saturated heterocycles. The highest BCUT2D eigenvalue weighted by atomic mass is 15.0. The molecule has 90 valence electrons. The molecule has 1 heterocycles. The Hall–Kier alpha value is -1.16. The lowest BCUT2D eigenvalue weighted by Gasteiger charge is -2.22. The van der Waals surface area contributed by atoms with Gasteiger partial charge in [0.05, 0.1) is 17.6 Å². The summed E-state index contributed by atoms with van der Waals surface area (Å²) >= 11 is 0. The molecule has 0 radical (unpaired) electrons. The van der Waals surface area contributed by atoms with E-state index < -0.39 is 0 Å². The lowest BCUT2D eigenvalue weighted by molar-refractivity contribution is 0.564. The van der Waals surface area contributed by atoms with Crippen LogP contribution in [0.2, 0.25) is 0 Å². The summed E-state index contributed by atoms with van der Waals surface area (Å²) in [6.45, 7) is 9.89. The van der Waals surface area contributed by atoms with Gasteiger partial charge in [-0.25, -0.2) is 9.97 Å². The molecular formula is C12H22N4. The minimum absolute atomic E-state index is 0.0177. The Balaban J connectivity index is 3.06. The van der Waals surface area contributed by atoms with Crippen molar-refractivity contribution in [3.8, 4) is 0 Å². The molecule has 0 saturated carbocycles. The molecule has 0 aromatic carbocycles. The number of nitrogens with one attached hydrogen (secondary N) is 1. The van der Waals surface area contributed by atoms with Crippen LogP contribution in [0.5, 0.6) is 0 Å². The number of nitrogens with two attached hydrogens (primary N) is 1. The van der Waals surface area contributed by atoms with Gasteiger partial charge in [-0.3, -0.25) is 0 Å². The van der Waals surface area contributed by atoms with Gasteiger partial charge in [0.25, 0.3) is 0 Å². The van der Waals surface area contributed by atoms with Crippen molar-refractivity contribution in [2.75, 3.05) is 18.4 Å². The molecule has 0 aliphatic heterocycles. The molecule has 3 N–H and O–H groups in total. The topological polar surface area (TPSA) is 63.8 Å². The molecule has 4 nitrogen and oxygen atoms in total. The molecular weight excluding hydrogens is 200 g/mol. The second kappa shape index (κ2) is 5.25. The zero-order valence-electron chi connectivity index (χ0n) is 10.7. The molecule has 0 amide bonds. The van der Waals surface area contributed by atoms with Gasteiger partial charge in [-0.1, -0.05) is 27.7 Å². The van der Waals surface area contributed by atoms with Gasteiger partial charge in [0, 0.05) is 24.9 Å². The van der Waals surface area contributed by atoms with Gasteiger partial charge in [-0.05, 0) is 0 Å². The van der Waals surface area contributed by atoms with E-state index in [1.165, 1.54) is 0 Å². The summed E-state index contributed by atoms with van der Waals surface area (Å²) in [5.74, 6) is 0.892. The summed E-state index contributed by atoms with van der Waals surface area (Å²) in [5, 5.41) is 3.27. The fourth-order valence-corrected chi connectivity index (χ4v) is 1.50. The molecule has 0 aliphatic rings. The van der Waals surface area contributed by atoms with Crippen molar-refractivity contribution in [1.82, 2.24) is 9.97 Å². The summed E-state index contributed by atoms with van der Waals surface area (Å²) < 4.78 is 0. The van der Waals surface area contributed by atoms with Crippen LogP contribution in [-0.2, 0) is 11.8 Å². The van der Waals surface area contributed by atoms with Gasteiger partial charge in [-0.15, -0.1) is 0 Å². The number of hydrogen-bond acceptors (Lipinski definition) is 4. The van der Waals surface area contributed by atoms with Crippen molar-refractivity contribution in [2.24, 2.45) is 5.73 Å². The SMILES string of the molecule is CCc1ncc(NCCN)c(C(C)(C)C)n1. The number of rotatable bonds is 4. The van der Waals surface area contributed by atoms with Crippen LogP contribution in [-0.4, -0.2) is 23.1 Å². The third-order valence-electron chi connectivity index (χ3n) is 2.33. The largest absolute Gasteiger partial charge is 0.381 e. The summed E-state index contributed by atoms with van der Waals surface area (Å²) in [4.78, 5) is 8.91. The van der Waals surface area contributed by atoms with Gasteiger partial charge in [-0.2, -0.15) is 0 Å². The minimum Gasteiger partial charge on any atom is -0.381 e. The maximum absolute atomic E-state index is 5.49. The fraction of sp³-hybridized carbons (Fsp3) is 0.667. The zero-order valence-corrected chi connectivity index (χ0v) is 10.7. The predicted octanol–water partition coefficient (Wildman–Crippen LogP) is 1.71. The Bertz CT molecular complexity index is 341. The van der Waals surface area contributed by atoms with Crippen molar-refractivity contribution >= 4 is 5.69 Å². The summed E-state index contributed by atoms with van der Waals surface area (Å²) in [7, 11) is 0. The highest BCUT2D eigenvalue weighted by Crippen LogP contribution is 2.26. The second-order valence-electron chi connectivity index (χ2n) is 4.87. The van der Waals surface area contributed by atoms with E-state index in [9.17, 15) is 0 Å². The molecule has 0 bridgehead atoms. The first-order chi connectivity index (χ1) is 7.49. The first-order valence-corrected chi connectivity index (χ1v) is 5.79. The van der Waals surface area contributed by atoms with E-state index in [-0.39, 0.29) is 5.41 Å². The van der Waals surface area contributed by atoms with Crippen LogP contribution in [0.15, 0.2) is 6.20 Å². The number of aryl methyl sites for hydroxylation is 1. The zero-order chi connectivity index (χ0) is 12.2. The van der Waals surface area contributed by atoms with E-state index in [1.54, 1.807) is 0 Å². The standard InChI is InChI=1S/C12H22N4/c1-5-10-15-8-9(14-7-6-13)11(16-10)12(2,3)4/h8,14H,5-7,13H2,1-4H3. The second-order valence-corrected chi connectivity index (χ2v) is 4.87. The van der Waals surface area contributed by atoms with Crippen LogP contribution in [0.3, 0.4) is 0 Å². The number of nitrogens with zero attached hydrogens (tertiary/aromatic N) is 2. The lowest BCUT2D eigenvalue weighted by Crippen LogP contribution is -2.21. The van der Waals surface area contributed by atoms with Crippen LogP contribution in [0.4, 0.5) is 5.69 Å². The maximum Gasteiger partial charge on any atom is 0.128 e. The van der Waals surface area contributed by atoms with Crippen LogP contribution in [0, 0.1) is 0 Å². The minimum atomic E-state index is 0.0177. The normalized spacial score (nSPS) is 11.6. The first kappa shape index (κ1) is 12.9. The summed E-state index contributed by atoms with van der Waals surface area (Å²) in [6.07, 6.45) is 2.72. The number of aromatic nitrogens is 2. The Kier molecular flexibility index (Phi) is 4.24. The molecule has 0 fully saturated rings. The third kappa shape index (κ3) is 3.17. The number of hydrogen-bond donors (Lipinski definition) is 2. The molecule has 4 heteroatoms. The monoisotopic (exact) mass is 222 g/mol. The molecule has 0 atom stereocenters. The Labute approximate surface area is 97.7 Å². The van der Waals surface area contributed by atoms with Crippen LogP contribution < -0.4 is 11.1 Å². The molecule has 1 rings (SSSR count). The predicted molar refractivity (Wildman–Crippen MR) is 67.7 cm³/mol. The third-order valence-corrected chi connectivity index (χ3v) is 2.33. The molecule has 0 aliphatic carbocycles. The van der Waals surface area contributed by atoms with E-state index >= 15 is 0 Å². The maximum atomic E-state index is 5.49. The molecule has 0 unspecified atom stereocenters. The van der Waals surface area contributed by atoms with Crippen LogP contribution in [0.25, 0.3) is 0 Å². The lowest BCUT2D eigenvalue weighted by atomic mass is 9.90. The van der Waals surface area contributed by atoms with Gasteiger partial charge >= 0.3 is 0 Å². The highest BCUT2D eigenvalue weighted by Gasteiger charge is 2.20. The summed E-state index contributed by atoms with van der Waals surface area (Å²) in [5.41, 5.74) is 7.56. The van der Waals surface area contributed by atoms with E-state index in [2.05, 4.69) is 43.0 Å². The molecule has 1 aromatic rings. The number of anilines is 1. The van der Waals surface area contributed by atoms with Crippen LogP contribution in [0.1, 0.15) is 39.2 Å². The first-order valence-electron chi connectivity index (χ1n) is 5.79. The van der Waals surface area contributed by atoms with Crippen molar-refractivity contribution in [2.45, 2.75) is 39.5 Å². The molecule has 16 heavy (non-hydrogen) atoms. The quantitative estimate of drug-likeness (QED) is 0.814. The van der Waals surface area contributed by atoms with Crippen molar-refractivity contribution in [3.63, 3.8) is 0 Å². The highest BCUT2D eigenvalue weighted by molar-refractivity contribution is 5.49. The summed E-state index contributed by atoms with van der Waals surface area (Å²) in [6, 6.07) is 0. The van der Waals surface area contributed by atoms with Gasteiger partial charge in [0.2, 0.25) is 0 Å². The van der Waals surface area contributed by atoms with E-state index in [4.69, 9.17) is 5.73 Å². The van der Waals surface area contributed by atoms with Crippen molar-refractivity contribution < 1.29 is 0 Å². The Morgan fingerprint density at radius 1 is 1.38 bits per heavy atom.